The minimum absolute atomic E-state index is 0.0107. The Bertz CT molecular complexity index is 1900. The van der Waals surface area contributed by atoms with Crippen molar-refractivity contribution in [3.8, 4) is 11.5 Å². The lowest BCUT2D eigenvalue weighted by Crippen LogP contribution is -2.37. The van der Waals surface area contributed by atoms with Gasteiger partial charge in [-0.3, -0.25) is 14.4 Å². The van der Waals surface area contributed by atoms with Crippen molar-refractivity contribution in [3.63, 3.8) is 0 Å². The molecule has 0 aliphatic heterocycles. The van der Waals surface area contributed by atoms with Crippen molar-refractivity contribution in [3.05, 3.63) is 29.8 Å². The Morgan fingerprint density at radius 2 is 0.951 bits per heavy atom. The van der Waals surface area contributed by atoms with Crippen LogP contribution in [0, 0.1) is 10.8 Å². The van der Waals surface area contributed by atoms with Gasteiger partial charge in [0.2, 0.25) is 23.6 Å². The Hall–Kier alpha value is -3.94. The smallest absolute Gasteiger partial charge is 0.276 e. The van der Waals surface area contributed by atoms with Gasteiger partial charge in [-0.2, -0.15) is 0 Å². The minimum Gasteiger partial charge on any atom is -0.411 e. The van der Waals surface area contributed by atoms with Crippen molar-refractivity contribution >= 4 is 42.1 Å². The van der Waals surface area contributed by atoms with Gasteiger partial charge in [0.05, 0.1) is 117 Å². The van der Waals surface area contributed by atoms with E-state index in [0.29, 0.717) is 182 Å². The summed E-state index contributed by atoms with van der Waals surface area (Å²) in [5.41, 5.74) is 0.189. The number of carbonyl (C=O) groups excluding carboxylic acids is 5. The molecule has 0 saturated heterocycles. The maximum absolute atomic E-state index is 13.6. The predicted octanol–water partition coefficient (Wildman–Crippen LogP) is 7.53. The fourth-order valence-corrected chi connectivity index (χ4v) is 8.07. The lowest BCUT2D eigenvalue weighted by atomic mass is 9.92. The van der Waals surface area contributed by atoms with Gasteiger partial charge in [-0.1, -0.05) is 71.4 Å². The van der Waals surface area contributed by atoms with Crippen LogP contribution in [0.5, 0.6) is 0 Å². The molecule has 0 atom stereocenters. The molecule has 0 saturated carbocycles. The Morgan fingerprint density at radius 1 is 0.537 bits per heavy atom. The number of hydrogen-bond acceptors (Lipinski definition) is 19. The molecule has 2 rings (SSSR count). The van der Waals surface area contributed by atoms with Gasteiger partial charge in [0.15, 0.2) is 0 Å². The van der Waals surface area contributed by atoms with Crippen molar-refractivity contribution in [1.29, 1.82) is 0 Å². The number of unbranched alkanes of at least 4 members (excludes halogenated alkanes) is 2. The Kier molecular flexibility index (Phi) is 40.3. The van der Waals surface area contributed by atoms with Crippen LogP contribution in [0.15, 0.2) is 33.9 Å². The third-order valence-corrected chi connectivity index (χ3v) is 13.9. The first kappa shape index (κ1) is 74.2. The number of hydrogen-bond donors (Lipinski definition) is 2. The van der Waals surface area contributed by atoms with Crippen molar-refractivity contribution in [2.24, 2.45) is 10.8 Å². The molecular weight excluding hydrogens is 1080 g/mol. The van der Waals surface area contributed by atoms with Crippen LogP contribution in [-0.4, -0.2) is 207 Å². The lowest BCUT2D eigenvalue weighted by molar-refractivity contribution is -0.133. The van der Waals surface area contributed by atoms with Crippen LogP contribution in [-0.2, 0) is 77.8 Å². The van der Waals surface area contributed by atoms with Crippen LogP contribution in [0.1, 0.15) is 132 Å². The van der Waals surface area contributed by atoms with Gasteiger partial charge in [0.25, 0.3) is 5.22 Å². The number of thioether (sulfide) groups is 1. The molecule has 2 aromatic rings. The molecule has 2 N–H and O–H groups in total. The second-order valence-electron chi connectivity index (χ2n) is 22.5. The highest BCUT2D eigenvalue weighted by Gasteiger charge is 2.24. The van der Waals surface area contributed by atoms with Gasteiger partial charge in [-0.05, 0) is 83.9 Å². The van der Waals surface area contributed by atoms with E-state index in [4.69, 9.17) is 51.8 Å². The summed E-state index contributed by atoms with van der Waals surface area (Å²) >= 11 is 1.57. The summed E-state index contributed by atoms with van der Waals surface area (Å²) in [5.74, 6) is 1.22. The van der Waals surface area contributed by atoms with Gasteiger partial charge >= 0.3 is 0 Å². The number of aryl methyl sites for hydroxylation is 1. The summed E-state index contributed by atoms with van der Waals surface area (Å²) in [6, 6.07) is 7.84. The van der Waals surface area contributed by atoms with E-state index < -0.39 is 22.0 Å². The molecule has 1 aromatic carbocycles. The Labute approximate surface area is 494 Å². The van der Waals surface area contributed by atoms with E-state index >= 15 is 0 Å². The summed E-state index contributed by atoms with van der Waals surface area (Å²) < 4.78 is 63.0. The van der Waals surface area contributed by atoms with E-state index in [0.717, 1.165) is 42.3 Å². The molecule has 1 aromatic heterocycles. The lowest BCUT2D eigenvalue weighted by Gasteiger charge is -2.27. The summed E-state index contributed by atoms with van der Waals surface area (Å²) in [4.78, 5) is 62.1. The summed E-state index contributed by atoms with van der Waals surface area (Å²) in [6.45, 7) is 26.0. The van der Waals surface area contributed by atoms with E-state index in [9.17, 15) is 24.0 Å². The first-order valence-electron chi connectivity index (χ1n) is 29.5. The summed E-state index contributed by atoms with van der Waals surface area (Å²) in [6.07, 6.45) is 9.27. The average molecular weight is 1180 g/mol. The van der Waals surface area contributed by atoms with Crippen LogP contribution < -0.4 is 10.6 Å². The number of nitrogens with zero attached hydrogens (tertiary/aromatic N) is 3. The highest BCUT2D eigenvalue weighted by Crippen LogP contribution is 2.25. The Balaban J connectivity index is 1.62. The fraction of sp³-hybridized carbons (Fsp3) is 0.783. The van der Waals surface area contributed by atoms with Crippen LogP contribution in [0.4, 0.5) is 0 Å². The molecule has 0 bridgehead atoms. The van der Waals surface area contributed by atoms with Gasteiger partial charge in [-0.15, -0.1) is 10.2 Å². The quantitative estimate of drug-likeness (QED) is 0.0369. The van der Waals surface area contributed by atoms with Crippen LogP contribution in [0.2, 0.25) is 0 Å². The van der Waals surface area contributed by atoms with Gasteiger partial charge in [0, 0.05) is 80.8 Å². The molecule has 82 heavy (non-hydrogen) atoms. The highest BCUT2D eigenvalue weighted by atomic mass is 32.2. The number of carbonyl (C=O) groups is 5. The van der Waals surface area contributed by atoms with E-state index in [1.54, 1.807) is 16.7 Å². The van der Waals surface area contributed by atoms with Gasteiger partial charge in [0.1, 0.15) is 12.6 Å². The summed E-state index contributed by atoms with van der Waals surface area (Å²) in [7, 11) is 0. The molecule has 0 radical (unpaired) electrons. The monoisotopic (exact) mass is 1180 g/mol. The zero-order valence-corrected chi connectivity index (χ0v) is 52.1. The number of aromatic nitrogens is 2. The zero-order valence-electron chi connectivity index (χ0n) is 51.3. The van der Waals surface area contributed by atoms with Crippen LogP contribution in [0.3, 0.4) is 0 Å². The predicted molar refractivity (Wildman–Crippen MR) is 315 cm³/mol. The van der Waals surface area contributed by atoms with Gasteiger partial charge < -0.3 is 76.9 Å². The van der Waals surface area contributed by atoms with E-state index in [2.05, 4.69) is 27.8 Å². The van der Waals surface area contributed by atoms with E-state index in [-0.39, 0.29) is 43.8 Å². The largest absolute Gasteiger partial charge is 0.411 e. The molecule has 0 aliphatic rings. The van der Waals surface area contributed by atoms with Gasteiger partial charge in [-0.25, -0.2) is 0 Å². The number of aldehydes is 2. The number of benzene rings is 1. The van der Waals surface area contributed by atoms with Crippen molar-refractivity contribution in [1.82, 2.24) is 25.7 Å². The SMILES string of the molecule is CCCCCSc1nnc(-c2ccc(CCC(=O)N(CCOCCOCCOCCOCCC(=O)NCCC(C)(C)OCCC(C)(C)C=O)CCOCCOCCOCCOCCC(=O)NCCC(C)(C)OCCC(C)(C)C=O)cc2)o1. The third-order valence-electron chi connectivity index (χ3n) is 13.0. The van der Waals surface area contributed by atoms with Crippen LogP contribution >= 0.6 is 11.8 Å². The number of nitrogens with one attached hydrogen (secondary N) is 2. The number of rotatable bonds is 55. The molecule has 22 heteroatoms. The topological polar surface area (TPSA) is 244 Å². The molecule has 3 amide bonds. The number of amides is 3. The number of ether oxygens (including phenoxy) is 10. The molecule has 470 valence electrons. The maximum Gasteiger partial charge on any atom is 0.276 e. The summed E-state index contributed by atoms with van der Waals surface area (Å²) in [5, 5.41) is 14.8. The Morgan fingerprint density at radius 3 is 1.37 bits per heavy atom. The molecule has 0 fully saturated rings. The first-order valence-corrected chi connectivity index (χ1v) is 30.5. The molecule has 0 unspecified atom stereocenters. The molecule has 21 nitrogen and oxygen atoms in total. The molecule has 0 aliphatic carbocycles. The second kappa shape index (κ2) is 44.5. The van der Waals surface area contributed by atoms with Crippen LogP contribution in [0.25, 0.3) is 11.5 Å². The zero-order chi connectivity index (χ0) is 60.2. The molecular formula is C60H103N5O16S. The average Bonchev–Trinajstić information content (AvgIpc) is 3.98. The van der Waals surface area contributed by atoms with E-state index in [1.165, 1.54) is 6.42 Å². The standard InChI is InChI=1S/C60H103N5O16S/c1-10-11-12-47-82-56-64-63-55(81-56)51-16-13-50(14-17-51)15-18-54(70)65(27-33-73-37-41-77-45-43-75-39-35-71-29-19-52(68)61-25-21-59(6,7)79-31-23-57(2,3)48-66)28-34-74-38-42-78-46-44-76-40-36-72-30-20-53(69)62-26-22-60(8,9)80-32-24-58(4,5)49-67/h13-14,16-17,48-49H,10-12,15,18-47H2,1-9H3,(H,61,68)(H,62,69). The third kappa shape index (κ3) is 39.6. The van der Waals surface area contributed by atoms with Crippen molar-refractivity contribution < 1.29 is 75.8 Å². The normalized spacial score (nSPS) is 12.2. The molecule has 0 spiro atoms. The highest BCUT2D eigenvalue weighted by molar-refractivity contribution is 7.99. The first-order chi connectivity index (χ1) is 39.3. The van der Waals surface area contributed by atoms with E-state index in [1.807, 2.05) is 79.7 Å². The molecule has 1 heterocycles. The maximum atomic E-state index is 13.6. The fourth-order valence-electron chi connectivity index (χ4n) is 7.31. The second-order valence-corrected chi connectivity index (χ2v) is 23.6. The minimum atomic E-state index is -0.413. The van der Waals surface area contributed by atoms with Crippen molar-refractivity contribution in [2.75, 3.05) is 151 Å². The van der Waals surface area contributed by atoms with Crippen molar-refractivity contribution in [2.45, 2.75) is 149 Å².